The van der Waals surface area contributed by atoms with E-state index in [2.05, 4.69) is 10.3 Å². The molecule has 3 nitrogen and oxygen atoms in total. The highest BCUT2D eigenvalue weighted by Crippen LogP contribution is 2.11. The van der Waals surface area contributed by atoms with Crippen LogP contribution in [0.3, 0.4) is 0 Å². The first-order valence-corrected chi connectivity index (χ1v) is 5.91. The maximum absolute atomic E-state index is 11.3. The predicted molar refractivity (Wildman–Crippen MR) is 68.5 cm³/mol. The molecule has 0 aliphatic rings. The smallest absolute Gasteiger partial charge is 0.220 e. The summed E-state index contributed by atoms with van der Waals surface area (Å²) < 4.78 is 0. The zero-order valence-corrected chi connectivity index (χ0v) is 9.94. The lowest BCUT2D eigenvalue weighted by Gasteiger charge is -2.05. The van der Waals surface area contributed by atoms with Gasteiger partial charge in [0.05, 0.1) is 17.8 Å². The highest BCUT2D eigenvalue weighted by Gasteiger charge is 2.01. The maximum atomic E-state index is 11.3. The van der Waals surface area contributed by atoms with Crippen LogP contribution in [0.2, 0.25) is 0 Å². The summed E-state index contributed by atoms with van der Waals surface area (Å²) in [7, 11) is 0. The molecule has 0 unspecified atom stereocenters. The molecular formula is C14H16N2O. The molecule has 0 bridgehead atoms. The summed E-state index contributed by atoms with van der Waals surface area (Å²) in [6.45, 7) is 2.50. The van der Waals surface area contributed by atoms with Gasteiger partial charge in [-0.15, -0.1) is 0 Å². The molecule has 0 spiro atoms. The zero-order chi connectivity index (χ0) is 12.1. The summed E-state index contributed by atoms with van der Waals surface area (Å²) in [6.07, 6.45) is 1.45. The summed E-state index contributed by atoms with van der Waals surface area (Å²) >= 11 is 0. The molecule has 0 aliphatic heterocycles. The third kappa shape index (κ3) is 3.03. The summed E-state index contributed by atoms with van der Waals surface area (Å²) in [5, 5.41) is 3.98. The largest absolute Gasteiger partial charge is 0.350 e. The van der Waals surface area contributed by atoms with Crippen LogP contribution in [0.4, 0.5) is 0 Å². The molecule has 0 saturated heterocycles. The third-order valence-corrected chi connectivity index (χ3v) is 2.60. The molecule has 0 aliphatic carbocycles. The van der Waals surface area contributed by atoms with E-state index in [0.717, 1.165) is 23.0 Å². The van der Waals surface area contributed by atoms with Crippen molar-refractivity contribution in [2.24, 2.45) is 0 Å². The molecule has 2 aromatic rings. The number of amides is 1. The Bertz CT molecular complexity index is 522. The molecule has 1 aromatic carbocycles. The van der Waals surface area contributed by atoms with E-state index in [4.69, 9.17) is 0 Å². The van der Waals surface area contributed by atoms with Crippen LogP contribution in [-0.4, -0.2) is 10.9 Å². The Morgan fingerprint density at radius 2 is 2.06 bits per heavy atom. The lowest BCUT2D eigenvalue weighted by atomic mass is 10.2. The topological polar surface area (TPSA) is 42.0 Å². The Morgan fingerprint density at radius 1 is 1.24 bits per heavy atom. The number of benzene rings is 1. The minimum absolute atomic E-state index is 0.0856. The van der Waals surface area contributed by atoms with E-state index in [0.29, 0.717) is 13.0 Å². The van der Waals surface area contributed by atoms with Crippen molar-refractivity contribution >= 4 is 16.8 Å². The van der Waals surface area contributed by atoms with Gasteiger partial charge in [0, 0.05) is 11.8 Å². The lowest BCUT2D eigenvalue weighted by Crippen LogP contribution is -2.22. The average Bonchev–Trinajstić information content (AvgIpc) is 2.36. The van der Waals surface area contributed by atoms with E-state index in [1.807, 2.05) is 43.3 Å². The number of carbonyl (C=O) groups excluding carboxylic acids is 1. The van der Waals surface area contributed by atoms with Gasteiger partial charge in [-0.1, -0.05) is 31.2 Å². The average molecular weight is 228 g/mol. The molecule has 1 amide bonds. The number of rotatable bonds is 4. The fourth-order valence-electron chi connectivity index (χ4n) is 1.71. The Morgan fingerprint density at radius 3 is 2.88 bits per heavy atom. The van der Waals surface area contributed by atoms with Crippen molar-refractivity contribution in [2.45, 2.75) is 26.3 Å². The first-order valence-electron chi connectivity index (χ1n) is 5.91. The summed E-state index contributed by atoms with van der Waals surface area (Å²) in [5.74, 6) is 0.0856. The third-order valence-electron chi connectivity index (χ3n) is 2.60. The van der Waals surface area contributed by atoms with E-state index in [1.54, 1.807) is 0 Å². The molecule has 0 saturated carbocycles. The van der Waals surface area contributed by atoms with Gasteiger partial charge in [0.1, 0.15) is 0 Å². The molecule has 0 atom stereocenters. The van der Waals surface area contributed by atoms with Crippen LogP contribution in [-0.2, 0) is 11.3 Å². The molecule has 88 valence electrons. The molecule has 17 heavy (non-hydrogen) atoms. The molecule has 1 heterocycles. The molecule has 0 radical (unpaired) electrons. The van der Waals surface area contributed by atoms with Crippen molar-refractivity contribution in [2.75, 3.05) is 0 Å². The lowest BCUT2D eigenvalue weighted by molar-refractivity contribution is -0.121. The molecule has 1 N–H and O–H groups in total. The van der Waals surface area contributed by atoms with Gasteiger partial charge in [-0.2, -0.15) is 0 Å². The van der Waals surface area contributed by atoms with Gasteiger partial charge in [0.25, 0.3) is 0 Å². The zero-order valence-electron chi connectivity index (χ0n) is 9.94. The molecule has 1 aromatic heterocycles. The van der Waals surface area contributed by atoms with Crippen molar-refractivity contribution < 1.29 is 4.79 Å². The fourth-order valence-corrected chi connectivity index (χ4v) is 1.71. The van der Waals surface area contributed by atoms with Crippen molar-refractivity contribution in [3.8, 4) is 0 Å². The second-order valence-corrected chi connectivity index (χ2v) is 4.02. The van der Waals surface area contributed by atoms with Crippen molar-refractivity contribution in [3.05, 3.63) is 42.1 Å². The maximum Gasteiger partial charge on any atom is 0.220 e. The number of hydrogen-bond donors (Lipinski definition) is 1. The number of hydrogen-bond acceptors (Lipinski definition) is 2. The second kappa shape index (κ2) is 5.43. The number of aromatic nitrogens is 1. The molecule has 0 fully saturated rings. The minimum Gasteiger partial charge on any atom is -0.350 e. The second-order valence-electron chi connectivity index (χ2n) is 4.02. The fraction of sp³-hybridized carbons (Fsp3) is 0.286. The number of fused-ring (bicyclic) bond motifs is 1. The number of para-hydroxylation sites is 1. The normalized spacial score (nSPS) is 10.4. The summed E-state index contributed by atoms with van der Waals surface area (Å²) in [4.78, 5) is 15.8. The van der Waals surface area contributed by atoms with Gasteiger partial charge < -0.3 is 5.32 Å². The van der Waals surface area contributed by atoms with Gasteiger partial charge in [0.15, 0.2) is 0 Å². The Labute approximate surface area is 101 Å². The van der Waals surface area contributed by atoms with Crippen LogP contribution in [0.1, 0.15) is 25.5 Å². The first kappa shape index (κ1) is 11.6. The van der Waals surface area contributed by atoms with Crippen LogP contribution in [0, 0.1) is 0 Å². The first-order chi connectivity index (χ1) is 8.29. The van der Waals surface area contributed by atoms with Crippen molar-refractivity contribution in [3.63, 3.8) is 0 Å². The molecular weight excluding hydrogens is 212 g/mol. The van der Waals surface area contributed by atoms with Gasteiger partial charge >= 0.3 is 0 Å². The van der Waals surface area contributed by atoms with Crippen LogP contribution < -0.4 is 5.32 Å². The van der Waals surface area contributed by atoms with Crippen LogP contribution >= 0.6 is 0 Å². The SMILES string of the molecule is CCCC(=O)NCc1ccc2ccccc2n1. The van der Waals surface area contributed by atoms with E-state index in [-0.39, 0.29) is 5.91 Å². The highest BCUT2D eigenvalue weighted by atomic mass is 16.1. The van der Waals surface area contributed by atoms with Gasteiger partial charge in [-0.3, -0.25) is 9.78 Å². The van der Waals surface area contributed by atoms with Crippen LogP contribution in [0.15, 0.2) is 36.4 Å². The van der Waals surface area contributed by atoms with Crippen LogP contribution in [0.5, 0.6) is 0 Å². The highest BCUT2D eigenvalue weighted by molar-refractivity contribution is 5.78. The Hall–Kier alpha value is -1.90. The summed E-state index contributed by atoms with van der Waals surface area (Å²) in [5.41, 5.74) is 1.86. The Balaban J connectivity index is 2.06. The number of nitrogens with zero attached hydrogens (tertiary/aromatic N) is 1. The number of pyridine rings is 1. The van der Waals surface area contributed by atoms with E-state index >= 15 is 0 Å². The van der Waals surface area contributed by atoms with Gasteiger partial charge in [-0.25, -0.2) is 0 Å². The van der Waals surface area contributed by atoms with Gasteiger partial charge in [-0.05, 0) is 18.6 Å². The predicted octanol–water partition coefficient (Wildman–Crippen LogP) is 2.65. The molecule has 2 rings (SSSR count). The number of nitrogens with one attached hydrogen (secondary N) is 1. The standard InChI is InChI=1S/C14H16N2O/c1-2-5-14(17)15-10-12-9-8-11-6-3-4-7-13(11)16-12/h3-4,6-9H,2,5,10H2,1H3,(H,15,17). The van der Waals surface area contributed by atoms with Gasteiger partial charge in [0.2, 0.25) is 5.91 Å². The van der Waals surface area contributed by atoms with E-state index in [9.17, 15) is 4.79 Å². The Kier molecular flexibility index (Phi) is 3.70. The van der Waals surface area contributed by atoms with Crippen molar-refractivity contribution in [1.82, 2.24) is 10.3 Å². The van der Waals surface area contributed by atoms with E-state index < -0.39 is 0 Å². The van der Waals surface area contributed by atoms with Crippen molar-refractivity contribution in [1.29, 1.82) is 0 Å². The van der Waals surface area contributed by atoms with Crippen LogP contribution in [0.25, 0.3) is 10.9 Å². The molecule has 3 heteroatoms. The monoisotopic (exact) mass is 228 g/mol. The minimum atomic E-state index is 0.0856. The van der Waals surface area contributed by atoms with E-state index in [1.165, 1.54) is 0 Å². The summed E-state index contributed by atoms with van der Waals surface area (Å²) in [6, 6.07) is 12.0. The number of carbonyl (C=O) groups is 1. The quantitative estimate of drug-likeness (QED) is 0.874.